The van der Waals surface area contributed by atoms with Crippen LogP contribution < -0.4 is 10.1 Å². The van der Waals surface area contributed by atoms with Crippen LogP contribution in [0.1, 0.15) is 24.1 Å². The summed E-state index contributed by atoms with van der Waals surface area (Å²) in [6, 6.07) is 4.67. The van der Waals surface area contributed by atoms with Gasteiger partial charge in [0.05, 0.1) is 30.8 Å². The average molecular weight is 291 g/mol. The summed E-state index contributed by atoms with van der Waals surface area (Å²) in [6.45, 7) is 2.92. The smallest absolute Gasteiger partial charge is 0.273 e. The van der Waals surface area contributed by atoms with Gasteiger partial charge in [-0.2, -0.15) is 0 Å². The van der Waals surface area contributed by atoms with Crippen LogP contribution in [0.3, 0.4) is 0 Å². The number of oxazole rings is 1. The lowest BCUT2D eigenvalue weighted by atomic mass is 10.2. The Balaban J connectivity index is 1.98. The molecule has 0 amide bonds. The molecule has 0 atom stereocenters. The van der Waals surface area contributed by atoms with Crippen molar-refractivity contribution in [2.75, 3.05) is 7.11 Å². The molecule has 112 valence electrons. The number of hydrogen-bond donors (Lipinski definition) is 1. The van der Waals surface area contributed by atoms with Crippen LogP contribution in [0.2, 0.25) is 0 Å². The Morgan fingerprint density at radius 1 is 1.38 bits per heavy atom. The van der Waals surface area contributed by atoms with Crippen LogP contribution >= 0.6 is 0 Å². The molecule has 1 aromatic carbocycles. The van der Waals surface area contributed by atoms with Gasteiger partial charge in [0, 0.05) is 19.0 Å². The van der Waals surface area contributed by atoms with Crippen LogP contribution in [0.5, 0.6) is 5.75 Å². The van der Waals surface area contributed by atoms with Gasteiger partial charge in [0.1, 0.15) is 11.5 Å². The zero-order chi connectivity index (χ0) is 15.2. The zero-order valence-corrected chi connectivity index (χ0v) is 12.0. The molecular weight excluding hydrogens is 274 g/mol. The minimum atomic E-state index is -0.437. The first-order chi connectivity index (χ1) is 10.1. The molecule has 0 unspecified atom stereocenters. The number of nitro groups is 1. The van der Waals surface area contributed by atoms with Crippen molar-refractivity contribution in [3.63, 3.8) is 0 Å². The van der Waals surface area contributed by atoms with E-state index in [1.165, 1.54) is 19.2 Å². The second kappa shape index (κ2) is 6.85. The zero-order valence-electron chi connectivity index (χ0n) is 12.0. The quantitative estimate of drug-likeness (QED) is 0.622. The van der Waals surface area contributed by atoms with Crippen LogP contribution in [-0.4, -0.2) is 17.0 Å². The van der Waals surface area contributed by atoms with Crippen LogP contribution in [0, 0.1) is 10.1 Å². The highest BCUT2D eigenvalue weighted by Gasteiger charge is 2.10. The van der Waals surface area contributed by atoms with E-state index in [0.717, 1.165) is 17.7 Å². The summed E-state index contributed by atoms with van der Waals surface area (Å²) in [6.07, 6.45) is 2.50. The van der Waals surface area contributed by atoms with Crippen molar-refractivity contribution in [2.24, 2.45) is 0 Å². The normalized spacial score (nSPS) is 10.6. The second-order valence-corrected chi connectivity index (χ2v) is 4.47. The number of nitrogens with zero attached hydrogens (tertiary/aromatic N) is 2. The molecule has 0 bridgehead atoms. The third-order valence-electron chi connectivity index (χ3n) is 2.95. The van der Waals surface area contributed by atoms with Gasteiger partial charge in [-0.15, -0.1) is 0 Å². The number of methoxy groups -OCH3 is 1. The van der Waals surface area contributed by atoms with Gasteiger partial charge in [-0.1, -0.05) is 6.92 Å². The van der Waals surface area contributed by atoms with Crippen LogP contribution in [-0.2, 0) is 19.5 Å². The summed E-state index contributed by atoms with van der Waals surface area (Å²) in [4.78, 5) is 14.6. The predicted molar refractivity (Wildman–Crippen MR) is 76.1 cm³/mol. The highest BCUT2D eigenvalue weighted by atomic mass is 16.6. The van der Waals surface area contributed by atoms with Crippen molar-refractivity contribution in [3.05, 3.63) is 51.7 Å². The Kier molecular flexibility index (Phi) is 4.89. The number of benzene rings is 1. The number of aryl methyl sites for hydroxylation is 1. The van der Waals surface area contributed by atoms with E-state index in [9.17, 15) is 10.1 Å². The lowest BCUT2D eigenvalue weighted by molar-refractivity contribution is -0.385. The van der Waals surface area contributed by atoms with Gasteiger partial charge in [0.2, 0.25) is 5.89 Å². The average Bonchev–Trinajstić information content (AvgIpc) is 2.95. The summed E-state index contributed by atoms with van der Waals surface area (Å²) in [7, 11) is 1.48. The largest absolute Gasteiger partial charge is 0.496 e. The molecule has 1 N–H and O–H groups in total. The molecule has 0 radical (unpaired) electrons. The maximum Gasteiger partial charge on any atom is 0.273 e. The SMILES string of the molecule is CCc1cnc(CNCc2cc(OC)cc([N+](=O)[O-])c2)o1. The first-order valence-corrected chi connectivity index (χ1v) is 6.59. The summed E-state index contributed by atoms with van der Waals surface area (Å²) in [5.41, 5.74) is 0.777. The maximum atomic E-state index is 10.9. The monoisotopic (exact) mass is 291 g/mol. The van der Waals surface area contributed by atoms with Gasteiger partial charge < -0.3 is 14.5 Å². The molecule has 0 aliphatic rings. The van der Waals surface area contributed by atoms with Gasteiger partial charge >= 0.3 is 0 Å². The van der Waals surface area contributed by atoms with E-state index >= 15 is 0 Å². The van der Waals surface area contributed by atoms with E-state index in [-0.39, 0.29) is 5.69 Å². The molecule has 0 saturated carbocycles. The molecule has 7 heteroatoms. The summed E-state index contributed by atoms with van der Waals surface area (Å²) >= 11 is 0. The molecule has 21 heavy (non-hydrogen) atoms. The van der Waals surface area contributed by atoms with Crippen molar-refractivity contribution in [1.82, 2.24) is 10.3 Å². The molecule has 0 fully saturated rings. The van der Waals surface area contributed by atoms with E-state index in [1.807, 2.05) is 6.92 Å². The first-order valence-electron chi connectivity index (χ1n) is 6.59. The number of ether oxygens (including phenoxy) is 1. The Bertz CT molecular complexity index is 624. The van der Waals surface area contributed by atoms with Crippen molar-refractivity contribution in [1.29, 1.82) is 0 Å². The first kappa shape index (κ1) is 15.0. The lowest BCUT2D eigenvalue weighted by Crippen LogP contribution is -2.13. The Morgan fingerprint density at radius 3 is 2.81 bits per heavy atom. The summed E-state index contributed by atoms with van der Waals surface area (Å²) in [5, 5.41) is 14.0. The van der Waals surface area contributed by atoms with Crippen molar-refractivity contribution < 1.29 is 14.1 Å². The number of aromatic nitrogens is 1. The number of nitrogens with one attached hydrogen (secondary N) is 1. The fourth-order valence-corrected chi connectivity index (χ4v) is 1.88. The van der Waals surface area contributed by atoms with Gasteiger partial charge in [0.25, 0.3) is 5.69 Å². The van der Waals surface area contributed by atoms with Crippen molar-refractivity contribution in [3.8, 4) is 5.75 Å². The van der Waals surface area contributed by atoms with E-state index in [1.54, 1.807) is 12.3 Å². The van der Waals surface area contributed by atoms with Gasteiger partial charge in [0.15, 0.2) is 0 Å². The number of hydrogen-bond acceptors (Lipinski definition) is 6. The molecule has 1 aromatic heterocycles. The Morgan fingerprint density at radius 2 is 2.19 bits per heavy atom. The molecule has 7 nitrogen and oxygen atoms in total. The van der Waals surface area contributed by atoms with Crippen LogP contribution in [0.4, 0.5) is 5.69 Å². The third-order valence-corrected chi connectivity index (χ3v) is 2.95. The van der Waals surface area contributed by atoms with E-state index in [2.05, 4.69) is 10.3 Å². The molecule has 0 spiro atoms. The highest BCUT2D eigenvalue weighted by Crippen LogP contribution is 2.22. The molecule has 1 heterocycles. The van der Waals surface area contributed by atoms with Gasteiger partial charge in [-0.05, 0) is 11.6 Å². The van der Waals surface area contributed by atoms with Gasteiger partial charge in [-0.25, -0.2) is 4.98 Å². The Hall–Kier alpha value is -2.41. The van der Waals surface area contributed by atoms with E-state index in [4.69, 9.17) is 9.15 Å². The van der Waals surface area contributed by atoms with E-state index < -0.39 is 4.92 Å². The fourth-order valence-electron chi connectivity index (χ4n) is 1.88. The predicted octanol–water partition coefficient (Wildman–Crippen LogP) is 2.44. The van der Waals surface area contributed by atoms with Crippen molar-refractivity contribution in [2.45, 2.75) is 26.4 Å². The molecule has 2 rings (SSSR count). The molecular formula is C14H17N3O4. The second-order valence-electron chi connectivity index (χ2n) is 4.47. The van der Waals surface area contributed by atoms with E-state index in [0.29, 0.717) is 24.7 Å². The van der Waals surface area contributed by atoms with Crippen LogP contribution in [0.15, 0.2) is 28.8 Å². The molecule has 2 aromatic rings. The topological polar surface area (TPSA) is 90.4 Å². The number of nitro benzene ring substituents is 1. The van der Waals surface area contributed by atoms with Crippen LogP contribution in [0.25, 0.3) is 0 Å². The number of rotatable bonds is 7. The lowest BCUT2D eigenvalue weighted by Gasteiger charge is -2.06. The fraction of sp³-hybridized carbons (Fsp3) is 0.357. The molecule has 0 aliphatic heterocycles. The summed E-state index contributed by atoms with van der Waals surface area (Å²) in [5.74, 6) is 1.90. The highest BCUT2D eigenvalue weighted by molar-refractivity contribution is 5.42. The third kappa shape index (κ3) is 4.03. The summed E-state index contributed by atoms with van der Waals surface area (Å²) < 4.78 is 10.5. The maximum absolute atomic E-state index is 10.9. The number of non-ortho nitro benzene ring substituents is 1. The minimum Gasteiger partial charge on any atom is -0.496 e. The molecule has 0 aliphatic carbocycles. The minimum absolute atomic E-state index is 0.00976. The van der Waals surface area contributed by atoms with Gasteiger partial charge in [-0.3, -0.25) is 10.1 Å². The van der Waals surface area contributed by atoms with Crippen molar-refractivity contribution >= 4 is 5.69 Å². The molecule has 0 saturated heterocycles. The Labute approximate surface area is 122 Å². The standard InChI is InChI=1S/C14H17N3O4/c1-3-12-8-16-14(21-12)9-15-7-10-4-11(17(18)19)6-13(5-10)20-2/h4-6,8,15H,3,7,9H2,1-2H3.